The first-order chi connectivity index (χ1) is 16.6. The van der Waals surface area contributed by atoms with Gasteiger partial charge < -0.3 is 35.6 Å². The fraction of sp³-hybridized carbons (Fsp3) is 0.600. The molecule has 202 valence electrons. The summed E-state index contributed by atoms with van der Waals surface area (Å²) in [6.07, 6.45) is -0.247. The molecule has 1 unspecified atom stereocenters. The molecule has 1 aromatic rings. The van der Waals surface area contributed by atoms with Crippen LogP contribution in [-0.2, 0) is 25.5 Å². The Bertz CT molecular complexity index is 888. The van der Waals surface area contributed by atoms with Crippen LogP contribution < -0.4 is 16.0 Å². The number of carboxylic acid groups (broad SMARTS) is 1. The maximum atomic E-state index is 13.0. The zero-order valence-corrected chi connectivity index (χ0v) is 21.8. The van der Waals surface area contributed by atoms with Crippen molar-refractivity contribution in [1.29, 1.82) is 0 Å². The molecule has 3 amide bonds. The lowest BCUT2D eigenvalue weighted by Crippen LogP contribution is -2.52. The zero-order chi connectivity index (χ0) is 27.5. The second-order valence-corrected chi connectivity index (χ2v) is 10.4. The third kappa shape index (κ3) is 13.4. The van der Waals surface area contributed by atoms with E-state index in [2.05, 4.69) is 16.0 Å². The first-order valence-electron chi connectivity index (χ1n) is 11.8. The van der Waals surface area contributed by atoms with Crippen molar-refractivity contribution in [3.8, 4) is 5.75 Å². The van der Waals surface area contributed by atoms with E-state index in [9.17, 15) is 29.4 Å². The Morgan fingerprint density at radius 1 is 0.833 bits per heavy atom. The number of phenolic OH excluding ortho intramolecular Hbond substituents is 1. The molecule has 0 heterocycles. The number of carbonyl (C=O) groups is 4. The quantitative estimate of drug-likeness (QED) is 0.284. The van der Waals surface area contributed by atoms with Gasteiger partial charge in [-0.3, -0.25) is 4.79 Å². The van der Waals surface area contributed by atoms with Crippen LogP contribution in [0.5, 0.6) is 5.75 Å². The third-order valence-corrected chi connectivity index (χ3v) is 4.59. The van der Waals surface area contributed by atoms with Crippen LogP contribution in [0.1, 0.15) is 66.4 Å². The molecular weight excluding hydrogens is 470 g/mol. The Kier molecular flexibility index (Phi) is 11.5. The van der Waals surface area contributed by atoms with Crippen molar-refractivity contribution in [1.82, 2.24) is 16.0 Å². The number of amides is 3. The summed E-state index contributed by atoms with van der Waals surface area (Å²) in [5, 5.41) is 26.6. The molecule has 0 fully saturated rings. The molecule has 0 radical (unpaired) electrons. The predicted molar refractivity (Wildman–Crippen MR) is 133 cm³/mol. The van der Waals surface area contributed by atoms with Gasteiger partial charge in [0.15, 0.2) is 0 Å². The van der Waals surface area contributed by atoms with Gasteiger partial charge in [0.1, 0.15) is 29.0 Å². The van der Waals surface area contributed by atoms with E-state index in [-0.39, 0.29) is 18.6 Å². The Morgan fingerprint density at radius 3 is 1.92 bits per heavy atom. The van der Waals surface area contributed by atoms with E-state index in [1.807, 2.05) is 0 Å². The zero-order valence-electron chi connectivity index (χ0n) is 21.8. The minimum Gasteiger partial charge on any atom is -0.508 e. The van der Waals surface area contributed by atoms with Crippen LogP contribution in [0.2, 0.25) is 0 Å². The summed E-state index contributed by atoms with van der Waals surface area (Å²) in [6, 6.07) is 3.67. The molecule has 0 saturated carbocycles. The van der Waals surface area contributed by atoms with Crippen LogP contribution in [0, 0.1) is 0 Å². The second-order valence-electron chi connectivity index (χ2n) is 10.4. The lowest BCUT2D eigenvalue weighted by molar-refractivity contribution is -0.142. The number of phenols is 1. The molecule has 1 rings (SSSR count). The molecule has 0 aliphatic heterocycles. The molecule has 36 heavy (non-hydrogen) atoms. The number of alkyl carbamates (subject to hydrolysis) is 2. The number of aliphatic carboxylic acids is 1. The maximum absolute atomic E-state index is 13.0. The minimum atomic E-state index is -1.25. The van der Waals surface area contributed by atoms with E-state index in [1.54, 1.807) is 53.7 Å². The summed E-state index contributed by atoms with van der Waals surface area (Å²) in [5.74, 6) is -1.88. The fourth-order valence-electron chi connectivity index (χ4n) is 3.04. The van der Waals surface area contributed by atoms with Crippen molar-refractivity contribution in [2.24, 2.45) is 0 Å². The maximum Gasteiger partial charge on any atom is 0.408 e. The summed E-state index contributed by atoms with van der Waals surface area (Å²) < 4.78 is 10.4. The highest BCUT2D eigenvalue weighted by molar-refractivity contribution is 5.89. The highest BCUT2D eigenvalue weighted by Crippen LogP contribution is 2.13. The lowest BCUT2D eigenvalue weighted by Gasteiger charge is -2.24. The topological polar surface area (TPSA) is 163 Å². The third-order valence-electron chi connectivity index (χ3n) is 4.59. The standard InChI is InChI=1S/C25H39N3O8/c1-24(2,3)35-22(33)26-14-8-7-9-18(28-23(34)36-25(4,5)6)20(30)27-19(21(31)32)15-16-10-12-17(29)13-11-16/h10-13,18-19,29H,7-9,14-15H2,1-6H3,(H,26,33)(H,27,30)(H,28,34)(H,31,32)/t18?,19-/m0/s1. The van der Waals surface area contributed by atoms with Gasteiger partial charge in [-0.15, -0.1) is 0 Å². The van der Waals surface area contributed by atoms with Crippen LogP contribution in [-0.4, -0.2) is 64.1 Å². The van der Waals surface area contributed by atoms with Gasteiger partial charge in [-0.2, -0.15) is 0 Å². The number of rotatable bonds is 11. The van der Waals surface area contributed by atoms with Gasteiger partial charge in [0, 0.05) is 13.0 Å². The number of unbranched alkanes of at least 4 members (excludes halogenated alkanes) is 1. The SMILES string of the molecule is CC(C)(C)OC(=O)NCCCCC(NC(=O)OC(C)(C)C)C(=O)N[C@@H](Cc1ccc(O)cc1)C(=O)O. The number of carboxylic acids is 1. The van der Waals surface area contributed by atoms with Gasteiger partial charge >= 0.3 is 18.2 Å². The van der Waals surface area contributed by atoms with Crippen molar-refractivity contribution in [3.63, 3.8) is 0 Å². The van der Waals surface area contributed by atoms with Gasteiger partial charge in [0.2, 0.25) is 5.91 Å². The number of benzene rings is 1. The Balaban J connectivity index is 2.77. The minimum absolute atomic E-state index is 0.0136. The van der Waals surface area contributed by atoms with Crippen LogP contribution in [0.4, 0.5) is 9.59 Å². The molecule has 2 atom stereocenters. The Morgan fingerprint density at radius 2 is 1.39 bits per heavy atom. The molecule has 0 aromatic heterocycles. The average Bonchev–Trinajstić information content (AvgIpc) is 2.70. The summed E-state index contributed by atoms with van der Waals surface area (Å²) in [5.41, 5.74) is -0.804. The highest BCUT2D eigenvalue weighted by atomic mass is 16.6. The predicted octanol–water partition coefficient (Wildman–Crippen LogP) is 3.09. The van der Waals surface area contributed by atoms with Crippen molar-refractivity contribution in [2.45, 2.75) is 90.5 Å². The highest BCUT2D eigenvalue weighted by Gasteiger charge is 2.28. The molecule has 0 aliphatic carbocycles. The largest absolute Gasteiger partial charge is 0.508 e. The van der Waals surface area contributed by atoms with Gasteiger partial charge in [0.25, 0.3) is 0 Å². The molecule has 0 bridgehead atoms. The molecule has 0 spiro atoms. The summed E-state index contributed by atoms with van der Waals surface area (Å²) in [6.45, 7) is 10.6. The first kappa shape index (κ1) is 30.5. The molecule has 11 nitrogen and oxygen atoms in total. The van der Waals surface area contributed by atoms with Gasteiger partial charge in [0.05, 0.1) is 0 Å². The first-order valence-corrected chi connectivity index (χ1v) is 11.8. The monoisotopic (exact) mass is 509 g/mol. The van der Waals surface area contributed by atoms with Crippen molar-refractivity contribution in [3.05, 3.63) is 29.8 Å². The summed E-state index contributed by atoms with van der Waals surface area (Å²) in [4.78, 5) is 48.8. The number of carbonyl (C=O) groups excluding carboxylic acids is 3. The average molecular weight is 510 g/mol. The van der Waals surface area contributed by atoms with E-state index in [1.165, 1.54) is 12.1 Å². The molecule has 1 aromatic carbocycles. The number of hydrogen-bond donors (Lipinski definition) is 5. The number of aromatic hydroxyl groups is 1. The van der Waals surface area contributed by atoms with Gasteiger partial charge in [-0.05, 0) is 78.5 Å². The van der Waals surface area contributed by atoms with E-state index in [4.69, 9.17) is 9.47 Å². The fourth-order valence-corrected chi connectivity index (χ4v) is 3.04. The van der Waals surface area contributed by atoms with E-state index in [0.29, 0.717) is 24.9 Å². The molecule has 5 N–H and O–H groups in total. The number of nitrogens with one attached hydrogen (secondary N) is 3. The summed E-state index contributed by atoms with van der Waals surface area (Å²) >= 11 is 0. The Hall–Kier alpha value is -3.50. The summed E-state index contributed by atoms with van der Waals surface area (Å²) in [7, 11) is 0. The van der Waals surface area contributed by atoms with Crippen molar-refractivity contribution in [2.75, 3.05) is 6.54 Å². The van der Waals surface area contributed by atoms with Crippen molar-refractivity contribution < 1.29 is 38.9 Å². The Labute approximate surface area is 211 Å². The van der Waals surface area contributed by atoms with E-state index < -0.39 is 47.3 Å². The lowest BCUT2D eigenvalue weighted by atomic mass is 10.0. The second kappa shape index (κ2) is 13.6. The normalized spacial score (nSPS) is 13.2. The van der Waals surface area contributed by atoms with Crippen LogP contribution in [0.15, 0.2) is 24.3 Å². The molecule has 0 aliphatic rings. The van der Waals surface area contributed by atoms with Crippen molar-refractivity contribution >= 4 is 24.1 Å². The molecule has 11 heteroatoms. The van der Waals surface area contributed by atoms with Crippen LogP contribution >= 0.6 is 0 Å². The molecular formula is C25H39N3O8. The number of ether oxygens (including phenoxy) is 2. The molecule has 0 saturated heterocycles. The number of hydrogen-bond acceptors (Lipinski definition) is 7. The van der Waals surface area contributed by atoms with Crippen LogP contribution in [0.3, 0.4) is 0 Å². The van der Waals surface area contributed by atoms with E-state index >= 15 is 0 Å². The smallest absolute Gasteiger partial charge is 0.408 e. The van der Waals surface area contributed by atoms with Gasteiger partial charge in [-0.25, -0.2) is 14.4 Å². The van der Waals surface area contributed by atoms with Crippen LogP contribution in [0.25, 0.3) is 0 Å². The van der Waals surface area contributed by atoms with E-state index in [0.717, 1.165) is 0 Å². The van der Waals surface area contributed by atoms with Gasteiger partial charge in [-0.1, -0.05) is 12.1 Å².